The largest absolute Gasteiger partial charge is 0.345 e. The van der Waals surface area contributed by atoms with Crippen LogP contribution in [0.5, 0.6) is 0 Å². The molecule has 1 unspecified atom stereocenters. The molecule has 1 atom stereocenters. The van der Waals surface area contributed by atoms with Crippen molar-refractivity contribution >= 4 is 29.5 Å². The molecule has 0 saturated carbocycles. The summed E-state index contributed by atoms with van der Waals surface area (Å²) in [7, 11) is 0. The summed E-state index contributed by atoms with van der Waals surface area (Å²) in [4.78, 5) is 35.6. The number of benzene rings is 2. The first-order chi connectivity index (χ1) is 13.8. The summed E-state index contributed by atoms with van der Waals surface area (Å²) in [6.45, 7) is 0.855. The SMILES string of the molecule is CC(NC(=O)/C=C/c1ccccc1)C(=O)NCC(=O)Nc1ccc(F)c(F)c1F. The first-order valence-electron chi connectivity index (χ1n) is 8.52. The van der Waals surface area contributed by atoms with Gasteiger partial charge in [0.05, 0.1) is 12.2 Å². The molecule has 0 radical (unpaired) electrons. The van der Waals surface area contributed by atoms with Crippen molar-refractivity contribution in [3.63, 3.8) is 0 Å². The van der Waals surface area contributed by atoms with Gasteiger partial charge in [-0.2, -0.15) is 0 Å². The van der Waals surface area contributed by atoms with E-state index in [1.807, 2.05) is 23.5 Å². The van der Waals surface area contributed by atoms with Gasteiger partial charge in [0.25, 0.3) is 0 Å². The molecule has 0 aliphatic carbocycles. The highest BCUT2D eigenvalue weighted by atomic mass is 19.2. The van der Waals surface area contributed by atoms with Crippen molar-refractivity contribution in [2.45, 2.75) is 13.0 Å². The molecular weight excluding hydrogens is 387 g/mol. The minimum absolute atomic E-state index is 0.509. The molecule has 2 aromatic carbocycles. The lowest BCUT2D eigenvalue weighted by Gasteiger charge is -2.13. The fourth-order valence-electron chi connectivity index (χ4n) is 2.20. The molecular formula is C20H18F3N3O3. The van der Waals surface area contributed by atoms with Gasteiger partial charge in [-0.05, 0) is 30.7 Å². The molecule has 3 amide bonds. The summed E-state index contributed by atoms with van der Waals surface area (Å²) in [6, 6.07) is 9.62. The third-order valence-corrected chi connectivity index (χ3v) is 3.71. The first-order valence-corrected chi connectivity index (χ1v) is 8.52. The first kappa shape index (κ1) is 21.7. The summed E-state index contributed by atoms with van der Waals surface area (Å²) < 4.78 is 39.5. The van der Waals surface area contributed by atoms with Gasteiger partial charge in [-0.3, -0.25) is 14.4 Å². The zero-order valence-corrected chi connectivity index (χ0v) is 15.3. The Hall–Kier alpha value is -3.62. The van der Waals surface area contributed by atoms with Crippen LogP contribution in [0.15, 0.2) is 48.5 Å². The van der Waals surface area contributed by atoms with Crippen LogP contribution in [0, 0.1) is 17.5 Å². The predicted octanol–water partition coefficient (Wildman–Crippen LogP) is 2.38. The Bertz CT molecular complexity index is 933. The van der Waals surface area contributed by atoms with E-state index in [1.165, 1.54) is 13.0 Å². The van der Waals surface area contributed by atoms with Crippen molar-refractivity contribution in [2.24, 2.45) is 0 Å². The van der Waals surface area contributed by atoms with Crippen LogP contribution >= 0.6 is 0 Å². The number of amides is 3. The lowest BCUT2D eigenvalue weighted by Crippen LogP contribution is -2.46. The molecule has 0 heterocycles. The summed E-state index contributed by atoms with van der Waals surface area (Å²) >= 11 is 0. The van der Waals surface area contributed by atoms with Crippen LogP contribution in [0.25, 0.3) is 6.08 Å². The fourth-order valence-corrected chi connectivity index (χ4v) is 2.20. The third kappa shape index (κ3) is 6.49. The van der Waals surface area contributed by atoms with Gasteiger partial charge in [0, 0.05) is 6.08 Å². The second kappa shape index (κ2) is 10.1. The van der Waals surface area contributed by atoms with E-state index in [4.69, 9.17) is 0 Å². The number of halogens is 3. The van der Waals surface area contributed by atoms with Crippen molar-refractivity contribution in [2.75, 3.05) is 11.9 Å². The minimum Gasteiger partial charge on any atom is -0.345 e. The van der Waals surface area contributed by atoms with Crippen molar-refractivity contribution in [3.05, 3.63) is 71.6 Å². The second-order valence-electron chi connectivity index (χ2n) is 5.96. The monoisotopic (exact) mass is 405 g/mol. The Morgan fingerprint density at radius 3 is 2.38 bits per heavy atom. The molecule has 9 heteroatoms. The van der Waals surface area contributed by atoms with E-state index in [0.717, 1.165) is 11.6 Å². The number of carbonyl (C=O) groups excluding carboxylic acids is 3. The fraction of sp³-hybridized carbons (Fsp3) is 0.150. The number of hydrogen-bond acceptors (Lipinski definition) is 3. The molecule has 2 aromatic rings. The number of anilines is 1. The van der Waals surface area contributed by atoms with Crippen LogP contribution in [-0.4, -0.2) is 30.3 Å². The van der Waals surface area contributed by atoms with Gasteiger partial charge < -0.3 is 16.0 Å². The molecule has 0 fully saturated rings. The molecule has 0 saturated heterocycles. The van der Waals surface area contributed by atoms with Crippen molar-refractivity contribution in [3.8, 4) is 0 Å². The third-order valence-electron chi connectivity index (χ3n) is 3.71. The molecule has 0 bridgehead atoms. The van der Waals surface area contributed by atoms with Gasteiger partial charge in [0.2, 0.25) is 17.7 Å². The van der Waals surface area contributed by atoms with Crippen molar-refractivity contribution in [1.82, 2.24) is 10.6 Å². The van der Waals surface area contributed by atoms with Crippen LogP contribution in [0.3, 0.4) is 0 Å². The van der Waals surface area contributed by atoms with E-state index in [-0.39, 0.29) is 0 Å². The second-order valence-corrected chi connectivity index (χ2v) is 5.96. The molecule has 3 N–H and O–H groups in total. The topological polar surface area (TPSA) is 87.3 Å². The molecule has 0 aromatic heterocycles. The van der Waals surface area contributed by atoms with Gasteiger partial charge in [0.1, 0.15) is 6.04 Å². The van der Waals surface area contributed by atoms with E-state index in [9.17, 15) is 27.6 Å². The summed E-state index contributed by atoms with van der Waals surface area (Å²) in [5.74, 6) is -6.68. The predicted molar refractivity (Wildman–Crippen MR) is 101 cm³/mol. The van der Waals surface area contributed by atoms with E-state index in [0.29, 0.717) is 6.07 Å². The van der Waals surface area contributed by atoms with Crippen LogP contribution in [0.4, 0.5) is 18.9 Å². The van der Waals surface area contributed by atoms with E-state index < -0.39 is 53.4 Å². The minimum atomic E-state index is -1.72. The summed E-state index contributed by atoms with van der Waals surface area (Å²) in [5, 5.41) is 6.69. The van der Waals surface area contributed by atoms with Gasteiger partial charge >= 0.3 is 0 Å². The van der Waals surface area contributed by atoms with E-state index in [1.54, 1.807) is 18.2 Å². The van der Waals surface area contributed by atoms with Crippen LogP contribution < -0.4 is 16.0 Å². The van der Waals surface area contributed by atoms with E-state index >= 15 is 0 Å². The normalized spacial score (nSPS) is 11.7. The smallest absolute Gasteiger partial charge is 0.244 e. The maximum atomic E-state index is 13.5. The number of rotatable bonds is 7. The average Bonchev–Trinajstić information content (AvgIpc) is 2.71. The van der Waals surface area contributed by atoms with Crippen LogP contribution in [0.2, 0.25) is 0 Å². The maximum absolute atomic E-state index is 13.5. The standard InChI is InChI=1S/C20H18F3N3O3/c1-12(25-16(27)10-7-13-5-3-2-4-6-13)20(29)24-11-17(28)26-15-9-8-14(21)18(22)19(15)23/h2-10,12H,11H2,1H3,(H,24,29)(H,25,27)(H,26,28)/b10-7+. The molecule has 29 heavy (non-hydrogen) atoms. The lowest BCUT2D eigenvalue weighted by atomic mass is 10.2. The molecule has 0 aliphatic rings. The highest BCUT2D eigenvalue weighted by molar-refractivity contribution is 5.97. The zero-order valence-electron chi connectivity index (χ0n) is 15.3. The molecule has 0 spiro atoms. The number of carbonyl (C=O) groups is 3. The Labute approximate surface area is 164 Å². The summed E-state index contributed by atoms with van der Waals surface area (Å²) in [5.41, 5.74) is 0.247. The van der Waals surface area contributed by atoms with Gasteiger partial charge in [0.15, 0.2) is 17.5 Å². The van der Waals surface area contributed by atoms with Crippen molar-refractivity contribution < 1.29 is 27.6 Å². The van der Waals surface area contributed by atoms with E-state index in [2.05, 4.69) is 10.6 Å². The Morgan fingerprint density at radius 2 is 1.69 bits per heavy atom. The molecule has 152 valence electrons. The summed E-state index contributed by atoms with van der Waals surface area (Å²) in [6.07, 6.45) is 2.83. The highest BCUT2D eigenvalue weighted by Crippen LogP contribution is 2.19. The lowest BCUT2D eigenvalue weighted by molar-refractivity contribution is -0.127. The molecule has 2 rings (SSSR count). The highest BCUT2D eigenvalue weighted by Gasteiger charge is 2.17. The van der Waals surface area contributed by atoms with Gasteiger partial charge in [-0.15, -0.1) is 0 Å². The van der Waals surface area contributed by atoms with Crippen LogP contribution in [0.1, 0.15) is 12.5 Å². The molecule has 6 nitrogen and oxygen atoms in total. The Balaban J connectivity index is 1.80. The zero-order chi connectivity index (χ0) is 21.4. The Morgan fingerprint density at radius 1 is 1.00 bits per heavy atom. The average molecular weight is 405 g/mol. The van der Waals surface area contributed by atoms with Crippen LogP contribution in [-0.2, 0) is 14.4 Å². The van der Waals surface area contributed by atoms with Crippen molar-refractivity contribution in [1.29, 1.82) is 0 Å². The van der Waals surface area contributed by atoms with Gasteiger partial charge in [-0.25, -0.2) is 13.2 Å². The quantitative estimate of drug-likeness (QED) is 0.488. The van der Waals surface area contributed by atoms with Gasteiger partial charge in [-0.1, -0.05) is 30.3 Å². The number of hydrogen-bond donors (Lipinski definition) is 3. The molecule has 0 aliphatic heterocycles. The maximum Gasteiger partial charge on any atom is 0.244 e. The Kier molecular flexibility index (Phi) is 7.53. The number of nitrogens with one attached hydrogen (secondary N) is 3.